The molecule has 0 radical (unpaired) electrons. The number of ketones is 2. The Morgan fingerprint density at radius 2 is 1.88 bits per heavy atom. The van der Waals surface area contributed by atoms with Gasteiger partial charge in [0.2, 0.25) is 0 Å². The minimum atomic E-state index is -0.397. The largest absolute Gasteiger partial charge is 0.511 e. The summed E-state index contributed by atoms with van der Waals surface area (Å²) in [5, 5.41) is 10.8. The van der Waals surface area contributed by atoms with Crippen LogP contribution in [0.4, 0.5) is 0 Å². The van der Waals surface area contributed by atoms with E-state index in [0.717, 1.165) is 37.7 Å². The zero-order valence-electron chi connectivity index (χ0n) is 15.8. The summed E-state index contributed by atoms with van der Waals surface area (Å²) in [4.78, 5) is 24.2. The van der Waals surface area contributed by atoms with Crippen LogP contribution in [0.15, 0.2) is 23.5 Å². The molecule has 0 saturated heterocycles. The molecular weight excluding hydrogens is 312 g/mol. The molecule has 136 valence electrons. The number of carbonyl (C=O) groups is 2. The molecule has 4 aliphatic carbocycles. The molecule has 0 amide bonds. The topological polar surface area (TPSA) is 54.4 Å². The molecule has 0 spiro atoms. The number of rotatable bonds is 1. The Balaban J connectivity index is 1.75. The highest BCUT2D eigenvalue weighted by Crippen LogP contribution is 2.67. The first kappa shape index (κ1) is 17.1. The molecule has 4 rings (SSSR count). The number of allylic oxidation sites excluding steroid dienone is 3. The summed E-state index contributed by atoms with van der Waals surface area (Å²) in [6.07, 6.45) is 8.54. The summed E-state index contributed by atoms with van der Waals surface area (Å²) in [5.74, 6) is 2.53. The second-order valence-corrected chi connectivity index (χ2v) is 9.53. The summed E-state index contributed by atoms with van der Waals surface area (Å²) in [6, 6.07) is 0. The van der Waals surface area contributed by atoms with Crippen LogP contribution in [-0.4, -0.2) is 16.7 Å². The van der Waals surface area contributed by atoms with Crippen molar-refractivity contribution < 1.29 is 14.7 Å². The first-order valence-electron chi connectivity index (χ1n) is 9.87. The van der Waals surface area contributed by atoms with Gasteiger partial charge in [-0.3, -0.25) is 9.59 Å². The van der Waals surface area contributed by atoms with Crippen molar-refractivity contribution in [1.82, 2.24) is 0 Å². The Kier molecular flexibility index (Phi) is 3.62. The number of hydrogen-bond acceptors (Lipinski definition) is 3. The predicted octanol–water partition coefficient (Wildman–Crippen LogP) is 4.63. The van der Waals surface area contributed by atoms with Crippen molar-refractivity contribution in [3.63, 3.8) is 0 Å². The quantitative estimate of drug-likeness (QED) is 0.756. The van der Waals surface area contributed by atoms with E-state index in [9.17, 15) is 14.7 Å². The summed E-state index contributed by atoms with van der Waals surface area (Å²) < 4.78 is 0. The highest BCUT2D eigenvalue weighted by molar-refractivity contribution is 6.01. The summed E-state index contributed by atoms with van der Waals surface area (Å²) in [6.45, 7) is 8.45. The van der Waals surface area contributed by atoms with Gasteiger partial charge >= 0.3 is 0 Å². The van der Waals surface area contributed by atoms with Crippen molar-refractivity contribution >= 4 is 11.6 Å². The van der Waals surface area contributed by atoms with E-state index in [1.807, 2.05) is 0 Å². The lowest BCUT2D eigenvalue weighted by atomic mass is 9.45. The van der Waals surface area contributed by atoms with Crippen LogP contribution in [-0.2, 0) is 9.59 Å². The highest BCUT2D eigenvalue weighted by atomic mass is 16.3. The van der Waals surface area contributed by atoms with E-state index in [0.29, 0.717) is 29.5 Å². The monoisotopic (exact) mass is 342 g/mol. The van der Waals surface area contributed by atoms with E-state index in [1.54, 1.807) is 13.0 Å². The fourth-order valence-corrected chi connectivity index (χ4v) is 7.37. The van der Waals surface area contributed by atoms with E-state index < -0.39 is 5.41 Å². The maximum absolute atomic E-state index is 12.2. The molecule has 7 atom stereocenters. The van der Waals surface area contributed by atoms with E-state index in [1.165, 1.54) is 6.08 Å². The van der Waals surface area contributed by atoms with Crippen LogP contribution in [0.25, 0.3) is 0 Å². The second-order valence-electron chi connectivity index (χ2n) is 9.53. The van der Waals surface area contributed by atoms with Crippen LogP contribution in [0.1, 0.15) is 59.8 Å². The Hall–Kier alpha value is -1.38. The first-order valence-corrected chi connectivity index (χ1v) is 9.87. The lowest BCUT2D eigenvalue weighted by molar-refractivity contribution is -0.128. The third-order valence-electron chi connectivity index (χ3n) is 8.53. The van der Waals surface area contributed by atoms with Crippen LogP contribution in [0.5, 0.6) is 0 Å². The number of Topliss-reactive ketones (excluding diaryl/α,β-unsaturated/α-hetero) is 1. The molecule has 3 heteroatoms. The summed E-state index contributed by atoms with van der Waals surface area (Å²) in [7, 11) is 0. The van der Waals surface area contributed by atoms with Gasteiger partial charge in [-0.2, -0.15) is 0 Å². The SMILES string of the molecule is CC(=O)[C@H]1CC[C@H]2[C@@H]3C[C@H](C)C4=CC(=O)C=C(O)[C@]4(C)[C@H]3CC[C@]12C. The molecule has 0 aliphatic heterocycles. The van der Waals surface area contributed by atoms with E-state index in [-0.39, 0.29) is 22.9 Å². The van der Waals surface area contributed by atoms with Crippen LogP contribution in [0.2, 0.25) is 0 Å². The number of aliphatic hydroxyl groups excluding tert-OH is 1. The van der Waals surface area contributed by atoms with Gasteiger partial charge in [-0.05, 0) is 86.7 Å². The minimum Gasteiger partial charge on any atom is -0.511 e. The van der Waals surface area contributed by atoms with Gasteiger partial charge in [0.15, 0.2) is 5.78 Å². The van der Waals surface area contributed by atoms with Crippen molar-refractivity contribution in [3.8, 4) is 0 Å². The van der Waals surface area contributed by atoms with Crippen LogP contribution >= 0.6 is 0 Å². The molecule has 25 heavy (non-hydrogen) atoms. The van der Waals surface area contributed by atoms with Crippen molar-refractivity contribution in [1.29, 1.82) is 0 Å². The normalized spacial score (nSPS) is 48.8. The van der Waals surface area contributed by atoms with Crippen molar-refractivity contribution in [3.05, 3.63) is 23.5 Å². The summed E-state index contributed by atoms with van der Waals surface area (Å²) >= 11 is 0. The average Bonchev–Trinajstić information content (AvgIpc) is 2.88. The zero-order chi connectivity index (χ0) is 18.1. The van der Waals surface area contributed by atoms with Gasteiger partial charge in [-0.15, -0.1) is 0 Å². The molecular formula is C22H30O3. The van der Waals surface area contributed by atoms with Crippen molar-refractivity contribution in [2.45, 2.75) is 59.8 Å². The van der Waals surface area contributed by atoms with E-state index in [2.05, 4.69) is 20.8 Å². The number of aliphatic hydroxyl groups is 1. The smallest absolute Gasteiger partial charge is 0.182 e. The Bertz CT molecular complexity index is 702. The number of carbonyl (C=O) groups excluding carboxylic acids is 2. The average molecular weight is 342 g/mol. The molecule has 4 aliphatic rings. The van der Waals surface area contributed by atoms with Gasteiger partial charge in [0.1, 0.15) is 11.5 Å². The minimum absolute atomic E-state index is 0.0755. The van der Waals surface area contributed by atoms with Gasteiger partial charge in [-0.1, -0.05) is 13.8 Å². The fourth-order valence-electron chi connectivity index (χ4n) is 7.37. The van der Waals surface area contributed by atoms with Gasteiger partial charge in [0, 0.05) is 17.4 Å². The van der Waals surface area contributed by atoms with Crippen LogP contribution in [0.3, 0.4) is 0 Å². The molecule has 3 fully saturated rings. The molecule has 0 bridgehead atoms. The van der Waals surface area contributed by atoms with Crippen LogP contribution in [0, 0.1) is 40.4 Å². The van der Waals surface area contributed by atoms with Gasteiger partial charge in [0.05, 0.1) is 0 Å². The predicted molar refractivity (Wildman–Crippen MR) is 96.9 cm³/mol. The maximum atomic E-state index is 12.2. The Labute approximate surface area is 150 Å². The van der Waals surface area contributed by atoms with E-state index >= 15 is 0 Å². The first-order chi connectivity index (χ1) is 11.7. The van der Waals surface area contributed by atoms with Crippen molar-refractivity contribution in [2.24, 2.45) is 40.4 Å². The number of hydrogen-bond donors (Lipinski definition) is 1. The van der Waals surface area contributed by atoms with Gasteiger partial charge < -0.3 is 5.11 Å². The van der Waals surface area contributed by atoms with E-state index in [4.69, 9.17) is 0 Å². The third kappa shape index (κ3) is 2.10. The highest BCUT2D eigenvalue weighted by Gasteiger charge is 2.61. The molecule has 0 aromatic rings. The fraction of sp³-hybridized carbons (Fsp3) is 0.727. The molecule has 0 heterocycles. The molecule has 3 saturated carbocycles. The zero-order valence-corrected chi connectivity index (χ0v) is 15.8. The maximum Gasteiger partial charge on any atom is 0.182 e. The van der Waals surface area contributed by atoms with Crippen molar-refractivity contribution in [2.75, 3.05) is 0 Å². The molecule has 0 aromatic heterocycles. The second kappa shape index (κ2) is 5.31. The van der Waals surface area contributed by atoms with Gasteiger partial charge in [0.25, 0.3) is 0 Å². The Morgan fingerprint density at radius 3 is 2.56 bits per heavy atom. The molecule has 0 aromatic carbocycles. The van der Waals surface area contributed by atoms with Gasteiger partial charge in [-0.25, -0.2) is 0 Å². The standard InChI is InChI=1S/C22H30O3/c1-12-9-15-17-6-5-16(13(2)23)21(17,3)8-7-18(15)22(4)19(12)10-14(24)11-20(22)25/h10-12,15-18,25H,5-9H2,1-4H3/t12-,15-,16+,17-,18-,21+,22+/m0/s1. The lowest BCUT2D eigenvalue weighted by Gasteiger charge is -2.58. The third-order valence-corrected chi connectivity index (χ3v) is 8.53. The van der Waals surface area contributed by atoms with Crippen LogP contribution < -0.4 is 0 Å². The lowest BCUT2D eigenvalue weighted by Crippen LogP contribution is -2.53. The molecule has 1 N–H and O–H groups in total. The molecule has 3 nitrogen and oxygen atoms in total. The Morgan fingerprint density at radius 1 is 1.16 bits per heavy atom. The molecule has 0 unspecified atom stereocenters. The summed E-state index contributed by atoms with van der Waals surface area (Å²) in [5.41, 5.74) is 0.850. The number of fused-ring (bicyclic) bond motifs is 5.